The van der Waals surface area contributed by atoms with Crippen LogP contribution >= 0.6 is 22.9 Å². The molecule has 0 radical (unpaired) electrons. The number of para-hydroxylation sites is 1. The van der Waals surface area contributed by atoms with Crippen molar-refractivity contribution in [3.05, 3.63) is 59.3 Å². The Bertz CT molecular complexity index is 883. The number of benzene rings is 2. The van der Waals surface area contributed by atoms with E-state index in [0.717, 1.165) is 28.7 Å². The Kier molecular flexibility index (Phi) is 5.34. The number of hydroxylamine groups is 2. The quantitative estimate of drug-likeness (QED) is 0.371. The van der Waals surface area contributed by atoms with Crippen molar-refractivity contribution in [3.8, 4) is 0 Å². The molecule has 1 aromatic heterocycles. The van der Waals surface area contributed by atoms with E-state index in [1.807, 2.05) is 43.4 Å². The molecule has 4 rings (SSSR count). The molecule has 0 amide bonds. The van der Waals surface area contributed by atoms with E-state index >= 15 is 0 Å². The van der Waals surface area contributed by atoms with E-state index < -0.39 is 4.65 Å². The van der Waals surface area contributed by atoms with Crippen LogP contribution in [0.2, 0.25) is 0 Å². The third kappa shape index (κ3) is 3.81. The van der Waals surface area contributed by atoms with Gasteiger partial charge in [0.15, 0.2) is 6.17 Å². The highest BCUT2D eigenvalue weighted by Gasteiger charge is 2.42. The number of halogens is 1. The van der Waals surface area contributed by atoms with Crippen LogP contribution in [0, 0.1) is 5.21 Å². The topological polar surface area (TPSA) is 51.2 Å². The molecule has 1 aliphatic heterocycles. The largest absolute Gasteiger partial charge is 0.623 e. The Hall–Kier alpha value is -1.70. The molecule has 5 nitrogen and oxygen atoms in total. The number of aryl methyl sites for hydroxylation is 1. The summed E-state index contributed by atoms with van der Waals surface area (Å²) < 4.78 is 0.585. The van der Waals surface area contributed by atoms with E-state index in [1.165, 1.54) is 16.9 Å². The number of quaternary nitrogens is 1. The summed E-state index contributed by atoms with van der Waals surface area (Å²) in [5.41, 5.74) is 3.12. The predicted molar refractivity (Wildman–Crippen MR) is 115 cm³/mol. The van der Waals surface area contributed by atoms with Crippen LogP contribution in [0.5, 0.6) is 0 Å². The van der Waals surface area contributed by atoms with Gasteiger partial charge in [0, 0.05) is 11.6 Å². The van der Waals surface area contributed by atoms with Gasteiger partial charge in [-0.05, 0) is 49.7 Å². The maximum Gasteiger partial charge on any atom is 0.290 e. The Morgan fingerprint density at radius 2 is 2.04 bits per heavy atom. The summed E-state index contributed by atoms with van der Waals surface area (Å²) >= 11 is 7.26. The summed E-state index contributed by atoms with van der Waals surface area (Å²) in [6, 6.07) is 16.2. The van der Waals surface area contributed by atoms with Crippen LogP contribution in [0.15, 0.2) is 48.5 Å². The monoisotopic (exact) mass is 402 g/mol. The molecule has 2 atom stereocenters. The van der Waals surface area contributed by atoms with Crippen LogP contribution in [0.3, 0.4) is 0 Å². The van der Waals surface area contributed by atoms with Crippen molar-refractivity contribution < 1.29 is 0 Å². The molecule has 0 bridgehead atoms. The molecule has 2 aromatic carbocycles. The average molecular weight is 403 g/mol. The SMILES string of the molecule is CN1CC(Nc2ccc(CCCCl)cc2)[N+]([O-])(c2nc3ccccc3s2)C1. The average Bonchev–Trinajstić information content (AvgIpc) is 3.23. The molecule has 0 saturated carbocycles. The number of hydrogen-bond acceptors (Lipinski definition) is 5. The summed E-state index contributed by atoms with van der Waals surface area (Å²) in [6.07, 6.45) is 1.66. The third-order valence-corrected chi connectivity index (χ3v) is 6.35. The second-order valence-corrected chi connectivity index (χ2v) is 8.48. The summed E-state index contributed by atoms with van der Waals surface area (Å²) in [4.78, 5) is 6.70. The molecule has 0 aliphatic carbocycles. The molecule has 1 N–H and O–H groups in total. The second-order valence-electron chi connectivity index (χ2n) is 7.09. The molecule has 0 spiro atoms. The lowest BCUT2D eigenvalue weighted by Crippen LogP contribution is -2.52. The standard InChI is InChI=1S/C20H23ClN4OS/c1-24-13-19(22-16-10-8-15(9-11-16)5-4-12-21)25(26,14-24)20-23-17-6-2-3-7-18(17)27-20/h2-3,6-11,19,22H,4-5,12-14H2,1H3. The highest BCUT2D eigenvalue weighted by molar-refractivity contribution is 7.22. The summed E-state index contributed by atoms with van der Waals surface area (Å²) in [7, 11) is 1.98. The molecule has 27 heavy (non-hydrogen) atoms. The van der Waals surface area contributed by atoms with Crippen molar-refractivity contribution in [1.29, 1.82) is 0 Å². The van der Waals surface area contributed by atoms with Gasteiger partial charge in [-0.25, -0.2) is 0 Å². The van der Waals surface area contributed by atoms with Crippen molar-refractivity contribution in [2.45, 2.75) is 19.0 Å². The number of nitrogens with zero attached hydrogens (tertiary/aromatic N) is 3. The minimum atomic E-state index is -0.468. The lowest BCUT2D eigenvalue weighted by Gasteiger charge is -2.40. The fraction of sp³-hybridized carbons (Fsp3) is 0.350. The summed E-state index contributed by atoms with van der Waals surface area (Å²) in [6.45, 7) is 1.07. The second kappa shape index (κ2) is 7.73. The fourth-order valence-electron chi connectivity index (χ4n) is 3.54. The maximum absolute atomic E-state index is 13.8. The number of fused-ring (bicyclic) bond motifs is 1. The molecule has 142 valence electrons. The lowest BCUT2D eigenvalue weighted by molar-refractivity contribution is 0.323. The molecule has 7 heteroatoms. The van der Waals surface area contributed by atoms with E-state index in [9.17, 15) is 5.21 Å². The predicted octanol–water partition coefficient (Wildman–Crippen LogP) is 4.61. The van der Waals surface area contributed by atoms with Crippen LogP contribution in [-0.2, 0) is 6.42 Å². The third-order valence-electron chi connectivity index (χ3n) is 4.93. The number of alkyl halides is 1. The highest BCUT2D eigenvalue weighted by atomic mass is 35.5. The molecular formula is C20H23ClN4OS. The summed E-state index contributed by atoms with van der Waals surface area (Å²) in [5, 5.41) is 17.8. The lowest BCUT2D eigenvalue weighted by atomic mass is 10.1. The van der Waals surface area contributed by atoms with E-state index in [1.54, 1.807) is 0 Å². The minimum absolute atomic E-state index is 0.288. The zero-order chi connectivity index (χ0) is 18.9. The van der Waals surface area contributed by atoms with Crippen molar-refractivity contribution in [3.63, 3.8) is 0 Å². The number of anilines is 1. The zero-order valence-electron chi connectivity index (χ0n) is 15.3. The number of hydrogen-bond donors (Lipinski definition) is 1. The van der Waals surface area contributed by atoms with Gasteiger partial charge in [0.05, 0.1) is 16.8 Å². The molecule has 3 aromatic rings. The molecule has 1 saturated heterocycles. The number of nitrogens with one attached hydrogen (secondary N) is 1. The molecular weight excluding hydrogens is 380 g/mol. The van der Waals surface area contributed by atoms with Crippen molar-refractivity contribution in [2.75, 3.05) is 31.5 Å². The van der Waals surface area contributed by atoms with Crippen LogP contribution in [0.1, 0.15) is 12.0 Å². The van der Waals surface area contributed by atoms with Gasteiger partial charge in [-0.15, -0.1) is 11.6 Å². The smallest absolute Gasteiger partial charge is 0.290 e. The van der Waals surface area contributed by atoms with Gasteiger partial charge in [-0.1, -0.05) is 35.6 Å². The zero-order valence-corrected chi connectivity index (χ0v) is 16.8. The van der Waals surface area contributed by atoms with Crippen molar-refractivity contribution in [2.24, 2.45) is 0 Å². The number of aromatic nitrogens is 1. The van der Waals surface area contributed by atoms with Crippen LogP contribution in [-0.4, -0.2) is 42.2 Å². The highest BCUT2D eigenvalue weighted by Crippen LogP contribution is 2.37. The van der Waals surface area contributed by atoms with E-state index in [2.05, 4.69) is 27.3 Å². The first kappa shape index (κ1) is 18.7. The molecule has 2 heterocycles. The van der Waals surface area contributed by atoms with Crippen molar-refractivity contribution in [1.82, 2.24) is 14.5 Å². The van der Waals surface area contributed by atoms with Crippen LogP contribution in [0.25, 0.3) is 10.2 Å². The molecule has 1 aliphatic rings. The van der Waals surface area contributed by atoms with Gasteiger partial charge < -0.3 is 10.5 Å². The van der Waals surface area contributed by atoms with Gasteiger partial charge in [-0.2, -0.15) is 4.98 Å². The Morgan fingerprint density at radius 3 is 2.78 bits per heavy atom. The van der Waals surface area contributed by atoms with E-state index in [0.29, 0.717) is 24.2 Å². The number of likely N-dealkylation sites (N-methyl/N-ethyl adjacent to an activating group) is 1. The Labute approximate surface area is 168 Å². The van der Waals surface area contributed by atoms with Gasteiger partial charge in [0.25, 0.3) is 5.13 Å². The molecule has 2 unspecified atom stereocenters. The van der Waals surface area contributed by atoms with E-state index in [4.69, 9.17) is 11.6 Å². The summed E-state index contributed by atoms with van der Waals surface area (Å²) in [5.74, 6) is 0.673. The maximum atomic E-state index is 13.8. The van der Waals surface area contributed by atoms with Gasteiger partial charge >= 0.3 is 0 Å². The Morgan fingerprint density at radius 1 is 1.26 bits per heavy atom. The first-order chi connectivity index (χ1) is 13.1. The number of thiazole rings is 1. The van der Waals surface area contributed by atoms with E-state index in [-0.39, 0.29) is 6.17 Å². The Balaban J connectivity index is 1.57. The van der Waals surface area contributed by atoms with Crippen LogP contribution < -0.4 is 9.96 Å². The first-order valence-electron chi connectivity index (χ1n) is 9.13. The normalized spacial score (nSPS) is 23.1. The minimum Gasteiger partial charge on any atom is -0.623 e. The van der Waals surface area contributed by atoms with Gasteiger partial charge in [-0.3, -0.25) is 9.55 Å². The van der Waals surface area contributed by atoms with Crippen LogP contribution in [0.4, 0.5) is 10.8 Å². The molecule has 1 fully saturated rings. The van der Waals surface area contributed by atoms with Gasteiger partial charge in [0.1, 0.15) is 6.67 Å². The first-order valence-corrected chi connectivity index (χ1v) is 10.5. The fourth-order valence-corrected chi connectivity index (χ4v) is 4.72. The van der Waals surface area contributed by atoms with Gasteiger partial charge in [0.2, 0.25) is 0 Å². The number of rotatable bonds is 6. The van der Waals surface area contributed by atoms with Crippen molar-refractivity contribution >= 4 is 44.0 Å².